The van der Waals surface area contributed by atoms with E-state index in [9.17, 15) is 22.8 Å². The molecule has 0 bridgehead atoms. The zero-order valence-electron chi connectivity index (χ0n) is 15.0. The Morgan fingerprint density at radius 2 is 1.67 bits per heavy atom. The van der Waals surface area contributed by atoms with E-state index in [4.69, 9.17) is 4.74 Å². The summed E-state index contributed by atoms with van der Waals surface area (Å²) in [4.78, 5) is 23.3. The van der Waals surface area contributed by atoms with Crippen molar-refractivity contribution in [1.82, 2.24) is 0 Å². The average Bonchev–Trinajstić information content (AvgIpc) is 2.56. The summed E-state index contributed by atoms with van der Waals surface area (Å²) in [6.45, 7) is 4.52. The Kier molecular flexibility index (Phi) is 6.09. The van der Waals surface area contributed by atoms with E-state index < -0.39 is 35.3 Å². The zero-order valence-corrected chi connectivity index (χ0v) is 15.0. The van der Waals surface area contributed by atoms with Crippen LogP contribution in [-0.2, 0) is 15.8 Å². The van der Waals surface area contributed by atoms with Crippen LogP contribution in [-0.4, -0.2) is 17.9 Å². The van der Waals surface area contributed by atoms with Gasteiger partial charge >= 0.3 is 6.18 Å². The minimum absolute atomic E-state index is 0.0169. The number of alkyl halides is 3. The summed E-state index contributed by atoms with van der Waals surface area (Å²) >= 11 is 0. The minimum atomic E-state index is -4.71. The van der Waals surface area contributed by atoms with Crippen LogP contribution in [0.25, 0.3) is 0 Å². The second kappa shape index (κ2) is 8.11. The van der Waals surface area contributed by atoms with Gasteiger partial charge in [-0.05, 0) is 44.2 Å². The van der Waals surface area contributed by atoms with Crippen molar-refractivity contribution in [3.05, 3.63) is 53.6 Å². The second-order valence-electron chi connectivity index (χ2n) is 6.00. The fourth-order valence-corrected chi connectivity index (χ4v) is 2.28. The van der Waals surface area contributed by atoms with E-state index in [1.807, 2.05) is 6.92 Å². The standard InChI is InChI=1S/C19H19F3N2O3/c1-11-4-7-15(8-5-11)27-12(2)18(26)24-17-9-6-14(23-13(3)25)10-16(17)19(20,21)22/h4-10,12H,1-3H3,(H,23,25)(H,24,26). The molecule has 0 aromatic heterocycles. The molecule has 0 saturated heterocycles. The van der Waals surface area contributed by atoms with Crippen LogP contribution in [0.5, 0.6) is 5.75 Å². The first kappa shape index (κ1) is 20.3. The molecular weight excluding hydrogens is 361 g/mol. The average molecular weight is 380 g/mol. The number of carbonyl (C=O) groups is 2. The Morgan fingerprint density at radius 3 is 2.22 bits per heavy atom. The normalized spacial score (nSPS) is 12.2. The van der Waals surface area contributed by atoms with E-state index >= 15 is 0 Å². The van der Waals surface area contributed by atoms with Gasteiger partial charge in [-0.3, -0.25) is 9.59 Å². The van der Waals surface area contributed by atoms with E-state index in [0.717, 1.165) is 17.7 Å². The molecule has 144 valence electrons. The molecule has 0 aliphatic heterocycles. The summed E-state index contributed by atoms with van der Waals surface area (Å²) in [7, 11) is 0. The number of halogens is 3. The number of hydrogen-bond acceptors (Lipinski definition) is 3. The Morgan fingerprint density at radius 1 is 1.04 bits per heavy atom. The number of carbonyl (C=O) groups excluding carboxylic acids is 2. The van der Waals surface area contributed by atoms with Gasteiger partial charge in [0.1, 0.15) is 5.75 Å². The molecule has 0 aliphatic carbocycles. The molecule has 0 saturated carbocycles. The first-order valence-electron chi connectivity index (χ1n) is 8.09. The van der Waals surface area contributed by atoms with Gasteiger partial charge in [-0.2, -0.15) is 13.2 Å². The number of aryl methyl sites for hydroxylation is 1. The number of ether oxygens (including phenoxy) is 1. The lowest BCUT2D eigenvalue weighted by Gasteiger charge is -2.18. The molecule has 1 unspecified atom stereocenters. The lowest BCUT2D eigenvalue weighted by Crippen LogP contribution is -2.31. The highest BCUT2D eigenvalue weighted by molar-refractivity contribution is 5.95. The Balaban J connectivity index is 2.17. The van der Waals surface area contributed by atoms with E-state index in [0.29, 0.717) is 5.75 Å². The molecule has 2 amide bonds. The quantitative estimate of drug-likeness (QED) is 0.809. The van der Waals surface area contributed by atoms with Crippen molar-refractivity contribution < 1.29 is 27.5 Å². The predicted molar refractivity (Wildman–Crippen MR) is 95.6 cm³/mol. The number of anilines is 2. The molecule has 2 aromatic carbocycles. The van der Waals surface area contributed by atoms with Crippen molar-refractivity contribution in [3.8, 4) is 5.75 Å². The molecular formula is C19H19F3N2O3. The van der Waals surface area contributed by atoms with Crippen molar-refractivity contribution >= 4 is 23.2 Å². The summed E-state index contributed by atoms with van der Waals surface area (Å²) < 4.78 is 45.4. The molecule has 0 heterocycles. The molecule has 2 rings (SSSR count). The number of hydrogen-bond donors (Lipinski definition) is 2. The third-order valence-electron chi connectivity index (χ3n) is 3.61. The summed E-state index contributed by atoms with van der Waals surface area (Å²) in [5.41, 5.74) is -0.490. The maximum atomic E-state index is 13.3. The molecule has 1 atom stereocenters. The number of amides is 2. The highest BCUT2D eigenvalue weighted by atomic mass is 19.4. The van der Waals surface area contributed by atoms with Crippen LogP contribution in [0, 0.1) is 6.92 Å². The van der Waals surface area contributed by atoms with Gasteiger partial charge in [-0.15, -0.1) is 0 Å². The van der Waals surface area contributed by atoms with Crippen LogP contribution < -0.4 is 15.4 Å². The van der Waals surface area contributed by atoms with E-state index in [1.54, 1.807) is 24.3 Å². The van der Waals surface area contributed by atoms with Crippen molar-refractivity contribution in [2.75, 3.05) is 10.6 Å². The molecule has 0 aliphatic rings. The molecule has 0 radical (unpaired) electrons. The largest absolute Gasteiger partial charge is 0.481 e. The van der Waals surface area contributed by atoms with Crippen molar-refractivity contribution in [2.24, 2.45) is 0 Å². The molecule has 2 N–H and O–H groups in total. The summed E-state index contributed by atoms with van der Waals surface area (Å²) in [6, 6.07) is 10.1. The van der Waals surface area contributed by atoms with E-state index in [-0.39, 0.29) is 5.69 Å². The predicted octanol–water partition coefficient (Wildman–Crippen LogP) is 4.38. The third-order valence-corrected chi connectivity index (χ3v) is 3.61. The molecule has 27 heavy (non-hydrogen) atoms. The highest BCUT2D eigenvalue weighted by Crippen LogP contribution is 2.36. The van der Waals surface area contributed by atoms with Gasteiger partial charge < -0.3 is 15.4 Å². The molecule has 0 fully saturated rings. The van der Waals surface area contributed by atoms with Crippen molar-refractivity contribution in [2.45, 2.75) is 33.1 Å². The fourth-order valence-electron chi connectivity index (χ4n) is 2.28. The zero-order chi connectivity index (χ0) is 20.2. The summed E-state index contributed by atoms with van der Waals surface area (Å²) in [6.07, 6.45) is -5.72. The Labute approximate surface area is 154 Å². The fraction of sp³-hybridized carbons (Fsp3) is 0.263. The summed E-state index contributed by atoms with van der Waals surface area (Å²) in [5, 5.41) is 4.51. The second-order valence-corrected chi connectivity index (χ2v) is 6.00. The number of rotatable bonds is 5. The van der Waals surface area contributed by atoms with Crippen molar-refractivity contribution in [1.29, 1.82) is 0 Å². The summed E-state index contributed by atoms with van der Waals surface area (Å²) in [5.74, 6) is -0.798. The monoisotopic (exact) mass is 380 g/mol. The highest BCUT2D eigenvalue weighted by Gasteiger charge is 2.34. The van der Waals surface area contributed by atoms with Crippen LogP contribution in [0.1, 0.15) is 25.0 Å². The maximum Gasteiger partial charge on any atom is 0.418 e. The number of benzene rings is 2. The smallest absolute Gasteiger partial charge is 0.418 e. The molecule has 8 heteroatoms. The molecule has 2 aromatic rings. The topological polar surface area (TPSA) is 67.4 Å². The maximum absolute atomic E-state index is 13.3. The first-order valence-corrected chi connectivity index (χ1v) is 8.09. The van der Waals surface area contributed by atoms with Gasteiger partial charge in [-0.25, -0.2) is 0 Å². The van der Waals surface area contributed by atoms with Crippen LogP contribution in [0.3, 0.4) is 0 Å². The first-order chi connectivity index (χ1) is 12.6. The number of nitrogens with one attached hydrogen (secondary N) is 2. The third kappa shape index (κ3) is 5.73. The Bertz CT molecular complexity index is 833. The molecule has 0 spiro atoms. The van der Waals surface area contributed by atoms with Crippen LogP contribution in [0.4, 0.5) is 24.5 Å². The van der Waals surface area contributed by atoms with Gasteiger partial charge in [0.05, 0.1) is 11.3 Å². The van der Waals surface area contributed by atoms with E-state index in [2.05, 4.69) is 10.6 Å². The SMILES string of the molecule is CC(=O)Nc1ccc(NC(=O)C(C)Oc2ccc(C)cc2)c(C(F)(F)F)c1. The van der Waals surface area contributed by atoms with E-state index in [1.165, 1.54) is 19.9 Å². The Hall–Kier alpha value is -3.03. The van der Waals surface area contributed by atoms with Gasteiger partial charge in [0.2, 0.25) is 5.91 Å². The van der Waals surface area contributed by atoms with Crippen LogP contribution >= 0.6 is 0 Å². The van der Waals surface area contributed by atoms with Gasteiger partial charge in [0.15, 0.2) is 6.10 Å². The van der Waals surface area contributed by atoms with Crippen LogP contribution in [0.15, 0.2) is 42.5 Å². The van der Waals surface area contributed by atoms with Gasteiger partial charge in [-0.1, -0.05) is 17.7 Å². The molecule has 5 nitrogen and oxygen atoms in total. The van der Waals surface area contributed by atoms with Gasteiger partial charge in [0.25, 0.3) is 5.91 Å². The van der Waals surface area contributed by atoms with Gasteiger partial charge in [0, 0.05) is 12.6 Å². The van der Waals surface area contributed by atoms with Crippen molar-refractivity contribution in [3.63, 3.8) is 0 Å². The minimum Gasteiger partial charge on any atom is -0.481 e. The van der Waals surface area contributed by atoms with Crippen LogP contribution in [0.2, 0.25) is 0 Å². The lowest BCUT2D eigenvalue weighted by atomic mass is 10.1. The lowest BCUT2D eigenvalue weighted by molar-refractivity contribution is -0.137.